The van der Waals surface area contributed by atoms with Crippen LogP contribution in [0.15, 0.2) is 16.7 Å². The Morgan fingerprint density at radius 1 is 1.53 bits per heavy atom. The third-order valence-corrected chi connectivity index (χ3v) is 4.69. The second-order valence-corrected chi connectivity index (χ2v) is 6.43. The fraction of sp³-hybridized carbons (Fsp3) is 0.643. The molecule has 0 saturated carbocycles. The van der Waals surface area contributed by atoms with Crippen molar-refractivity contribution in [1.29, 1.82) is 0 Å². The number of hydrogen-bond donors (Lipinski definition) is 1. The van der Waals surface area contributed by atoms with Crippen LogP contribution in [0.4, 0.5) is 0 Å². The van der Waals surface area contributed by atoms with Crippen LogP contribution in [0.2, 0.25) is 0 Å². The van der Waals surface area contributed by atoms with E-state index in [1.165, 1.54) is 0 Å². The molecule has 1 aromatic heterocycles. The van der Waals surface area contributed by atoms with Gasteiger partial charge in [-0.25, -0.2) is 0 Å². The van der Waals surface area contributed by atoms with Gasteiger partial charge in [0.25, 0.3) is 5.91 Å². The van der Waals surface area contributed by atoms with Crippen molar-refractivity contribution in [1.82, 2.24) is 14.8 Å². The summed E-state index contributed by atoms with van der Waals surface area (Å²) in [5.74, 6) is 0.845. The van der Waals surface area contributed by atoms with Gasteiger partial charge in [-0.2, -0.15) is 0 Å². The molecule has 2 aliphatic heterocycles. The first kappa shape index (κ1) is 13.2. The molecule has 2 saturated heterocycles. The number of nitrogens with zero attached hydrogens (tertiary/aromatic N) is 2. The Labute approximate surface area is 122 Å². The van der Waals surface area contributed by atoms with Crippen LogP contribution in [0.25, 0.3) is 0 Å². The van der Waals surface area contributed by atoms with E-state index in [0.29, 0.717) is 12.0 Å². The van der Waals surface area contributed by atoms with Crippen LogP contribution in [-0.2, 0) is 6.54 Å². The second kappa shape index (κ2) is 5.29. The zero-order valence-electron chi connectivity index (χ0n) is 11.2. The fourth-order valence-electron chi connectivity index (χ4n) is 3.33. The maximum atomic E-state index is 12.8. The van der Waals surface area contributed by atoms with Gasteiger partial charge in [0.2, 0.25) is 0 Å². The van der Waals surface area contributed by atoms with Crippen LogP contribution in [-0.4, -0.2) is 41.1 Å². The molecule has 0 radical (unpaired) electrons. The van der Waals surface area contributed by atoms with Gasteiger partial charge >= 0.3 is 0 Å². The normalized spacial score (nSPS) is 25.9. The lowest BCUT2D eigenvalue weighted by Crippen LogP contribution is -2.39. The molecule has 2 fully saturated rings. The number of carbonyl (C=O) groups excluding carboxylic acids is 1. The summed E-state index contributed by atoms with van der Waals surface area (Å²) in [5.41, 5.74) is 0.821. The molecule has 0 unspecified atom stereocenters. The smallest absolute Gasteiger partial charge is 0.270 e. The van der Waals surface area contributed by atoms with Gasteiger partial charge < -0.3 is 14.8 Å². The van der Waals surface area contributed by atoms with Gasteiger partial charge in [-0.15, -0.1) is 0 Å². The standard InChI is InChI=1S/C14H20BrN3O/c1-2-4-17-9-11(15)6-12(17)14(19)18-5-3-10-7-16-8-13(10)18/h6,9-10,13,16H,2-5,7-8H2,1H3/t10-,13+/m0/s1. The number of fused-ring (bicyclic) bond motifs is 1. The molecule has 4 nitrogen and oxygen atoms in total. The number of halogens is 1. The molecule has 0 spiro atoms. The van der Waals surface area contributed by atoms with E-state index < -0.39 is 0 Å². The van der Waals surface area contributed by atoms with Crippen molar-refractivity contribution in [3.05, 3.63) is 22.4 Å². The van der Waals surface area contributed by atoms with E-state index in [0.717, 1.165) is 49.2 Å². The number of hydrogen-bond acceptors (Lipinski definition) is 2. The van der Waals surface area contributed by atoms with E-state index in [4.69, 9.17) is 0 Å². The Morgan fingerprint density at radius 2 is 2.37 bits per heavy atom. The topological polar surface area (TPSA) is 37.3 Å². The number of amides is 1. The monoisotopic (exact) mass is 325 g/mol. The van der Waals surface area contributed by atoms with E-state index in [1.54, 1.807) is 0 Å². The van der Waals surface area contributed by atoms with Crippen LogP contribution in [0.1, 0.15) is 30.3 Å². The molecular weight excluding hydrogens is 306 g/mol. The van der Waals surface area contributed by atoms with Crippen LogP contribution < -0.4 is 5.32 Å². The molecule has 3 rings (SSSR count). The van der Waals surface area contributed by atoms with E-state index in [1.807, 2.05) is 12.3 Å². The zero-order chi connectivity index (χ0) is 13.4. The minimum absolute atomic E-state index is 0.190. The van der Waals surface area contributed by atoms with Crippen molar-refractivity contribution >= 4 is 21.8 Å². The molecule has 3 heterocycles. The Hall–Kier alpha value is -0.810. The predicted molar refractivity (Wildman–Crippen MR) is 78.2 cm³/mol. The Kier molecular flexibility index (Phi) is 3.67. The molecule has 104 valence electrons. The minimum Gasteiger partial charge on any atom is -0.342 e. The van der Waals surface area contributed by atoms with E-state index in [2.05, 4.69) is 37.6 Å². The Morgan fingerprint density at radius 3 is 3.16 bits per heavy atom. The summed E-state index contributed by atoms with van der Waals surface area (Å²) >= 11 is 3.48. The quantitative estimate of drug-likeness (QED) is 0.924. The predicted octanol–water partition coefficient (Wildman–Crippen LogP) is 2.09. The highest BCUT2D eigenvalue weighted by Crippen LogP contribution is 2.29. The molecule has 1 aromatic rings. The van der Waals surface area contributed by atoms with Crippen molar-refractivity contribution in [2.45, 2.75) is 32.4 Å². The summed E-state index contributed by atoms with van der Waals surface area (Å²) in [6.07, 6.45) is 4.19. The lowest BCUT2D eigenvalue weighted by atomic mass is 10.1. The second-order valence-electron chi connectivity index (χ2n) is 5.51. The third-order valence-electron chi connectivity index (χ3n) is 4.25. The molecule has 5 heteroatoms. The maximum absolute atomic E-state index is 12.8. The number of likely N-dealkylation sites (tertiary alicyclic amines) is 1. The van der Waals surface area contributed by atoms with Crippen molar-refractivity contribution in [2.24, 2.45) is 5.92 Å². The number of carbonyl (C=O) groups is 1. The van der Waals surface area contributed by atoms with Gasteiger partial charge in [0.15, 0.2) is 0 Å². The molecule has 2 aliphatic rings. The lowest BCUT2D eigenvalue weighted by Gasteiger charge is -2.24. The average molecular weight is 326 g/mol. The lowest BCUT2D eigenvalue weighted by molar-refractivity contribution is 0.0726. The minimum atomic E-state index is 0.190. The zero-order valence-corrected chi connectivity index (χ0v) is 12.8. The van der Waals surface area contributed by atoms with Gasteiger partial charge in [-0.3, -0.25) is 4.79 Å². The summed E-state index contributed by atoms with van der Waals surface area (Å²) < 4.78 is 3.06. The Bertz CT molecular complexity index is 485. The highest BCUT2D eigenvalue weighted by atomic mass is 79.9. The first-order valence-corrected chi connectivity index (χ1v) is 7.87. The highest BCUT2D eigenvalue weighted by Gasteiger charge is 2.40. The molecule has 0 aliphatic carbocycles. The molecule has 2 atom stereocenters. The van der Waals surface area contributed by atoms with Crippen LogP contribution in [0.3, 0.4) is 0 Å². The van der Waals surface area contributed by atoms with Crippen molar-refractivity contribution in [3.8, 4) is 0 Å². The summed E-state index contributed by atoms with van der Waals surface area (Å²) in [4.78, 5) is 14.8. The average Bonchev–Trinajstić information content (AvgIpc) is 3.03. The molecule has 0 aromatic carbocycles. The third kappa shape index (κ3) is 2.34. The Balaban J connectivity index is 1.83. The molecule has 19 heavy (non-hydrogen) atoms. The van der Waals surface area contributed by atoms with Gasteiger partial charge in [0, 0.05) is 42.9 Å². The van der Waals surface area contributed by atoms with Gasteiger partial charge in [-0.05, 0) is 40.8 Å². The van der Waals surface area contributed by atoms with E-state index in [9.17, 15) is 4.79 Å². The molecule has 0 bridgehead atoms. The molecular formula is C14H20BrN3O. The summed E-state index contributed by atoms with van der Waals surface area (Å²) in [6.45, 7) is 5.95. The number of nitrogens with one attached hydrogen (secondary N) is 1. The first-order valence-electron chi connectivity index (χ1n) is 7.08. The SMILES string of the molecule is CCCn1cc(Br)cc1C(=O)N1CC[C@H]2CNC[C@H]21. The number of aryl methyl sites for hydroxylation is 1. The van der Waals surface area contributed by atoms with Crippen LogP contribution in [0.5, 0.6) is 0 Å². The van der Waals surface area contributed by atoms with Gasteiger partial charge in [0.1, 0.15) is 5.69 Å². The van der Waals surface area contributed by atoms with Crippen molar-refractivity contribution in [2.75, 3.05) is 19.6 Å². The molecule has 1 N–H and O–H groups in total. The van der Waals surface area contributed by atoms with Gasteiger partial charge in [0.05, 0.1) is 0 Å². The van der Waals surface area contributed by atoms with Crippen molar-refractivity contribution in [3.63, 3.8) is 0 Å². The summed E-state index contributed by atoms with van der Waals surface area (Å²) in [6, 6.07) is 2.35. The summed E-state index contributed by atoms with van der Waals surface area (Å²) in [5, 5.41) is 3.40. The maximum Gasteiger partial charge on any atom is 0.270 e. The van der Waals surface area contributed by atoms with Crippen molar-refractivity contribution < 1.29 is 4.79 Å². The van der Waals surface area contributed by atoms with E-state index >= 15 is 0 Å². The fourth-order valence-corrected chi connectivity index (χ4v) is 3.79. The van der Waals surface area contributed by atoms with Crippen LogP contribution in [0, 0.1) is 5.92 Å². The highest BCUT2D eigenvalue weighted by molar-refractivity contribution is 9.10. The number of rotatable bonds is 3. The van der Waals surface area contributed by atoms with E-state index in [-0.39, 0.29) is 5.91 Å². The largest absolute Gasteiger partial charge is 0.342 e. The molecule has 1 amide bonds. The van der Waals surface area contributed by atoms with Gasteiger partial charge in [-0.1, -0.05) is 6.92 Å². The summed E-state index contributed by atoms with van der Waals surface area (Å²) in [7, 11) is 0. The van der Waals surface area contributed by atoms with Crippen LogP contribution >= 0.6 is 15.9 Å². The first-order chi connectivity index (χ1) is 9.20. The number of aromatic nitrogens is 1.